The Morgan fingerprint density at radius 1 is 1.23 bits per heavy atom. The Labute approximate surface area is 207 Å². The van der Waals surface area contributed by atoms with Crippen molar-refractivity contribution in [2.24, 2.45) is 17.8 Å². The molecule has 2 aromatic rings. The molecule has 3 amide bonds. The number of ketones is 1. The summed E-state index contributed by atoms with van der Waals surface area (Å²) >= 11 is 6.28. The number of hydrogen-bond donors (Lipinski definition) is 4. The number of aliphatic hydroxyl groups excluding tert-OH is 1. The zero-order valence-electron chi connectivity index (χ0n) is 19.3. The SMILES string of the molecule is O=C1NCCC1CC(NC(=O)C1C2CCCC2CN1C(=O)c1cc2c(Cl)cccc2[nH]1)C(=O)CO. The third kappa shape index (κ3) is 4.43. The van der Waals surface area contributed by atoms with E-state index >= 15 is 0 Å². The van der Waals surface area contributed by atoms with Gasteiger partial charge in [0.05, 0.1) is 6.04 Å². The van der Waals surface area contributed by atoms with Gasteiger partial charge in [0.25, 0.3) is 5.91 Å². The van der Waals surface area contributed by atoms with Crippen LogP contribution in [0.3, 0.4) is 0 Å². The maximum atomic E-state index is 13.6. The van der Waals surface area contributed by atoms with E-state index < -0.39 is 36.3 Å². The number of H-pyrrole nitrogens is 1. The molecule has 35 heavy (non-hydrogen) atoms. The highest BCUT2D eigenvalue weighted by Crippen LogP contribution is 2.43. The van der Waals surface area contributed by atoms with Crippen LogP contribution < -0.4 is 10.6 Å². The Hall–Kier alpha value is -2.91. The molecule has 5 rings (SSSR count). The van der Waals surface area contributed by atoms with E-state index in [0.717, 1.165) is 30.2 Å². The van der Waals surface area contributed by atoms with Crippen LogP contribution in [0, 0.1) is 17.8 Å². The van der Waals surface area contributed by atoms with Gasteiger partial charge in [0, 0.05) is 34.9 Å². The summed E-state index contributed by atoms with van der Waals surface area (Å²) in [7, 11) is 0. The summed E-state index contributed by atoms with van der Waals surface area (Å²) in [6, 6.07) is 5.40. The van der Waals surface area contributed by atoms with Gasteiger partial charge in [0.15, 0.2) is 5.78 Å². The van der Waals surface area contributed by atoms with Gasteiger partial charge in [0.2, 0.25) is 11.8 Å². The molecule has 10 heteroatoms. The van der Waals surface area contributed by atoms with Gasteiger partial charge >= 0.3 is 0 Å². The van der Waals surface area contributed by atoms with Gasteiger partial charge in [-0.15, -0.1) is 0 Å². The predicted molar refractivity (Wildman–Crippen MR) is 129 cm³/mol. The Kier molecular flexibility index (Phi) is 6.55. The zero-order valence-corrected chi connectivity index (χ0v) is 20.0. The van der Waals surface area contributed by atoms with E-state index in [4.69, 9.17) is 11.6 Å². The molecular formula is C25H29ClN4O5. The zero-order chi connectivity index (χ0) is 24.7. The number of halogens is 1. The molecule has 5 unspecified atom stereocenters. The standard InChI is InChI=1S/C25H29ClN4O5/c26-17-5-2-6-18-16(17)10-20(28-18)25(35)30-11-14-3-1-4-15(14)22(30)24(34)29-19(21(32)12-31)9-13-7-8-27-23(13)33/h2,5-6,10,13-15,19,22,28,31H,1,3-4,7-9,11-12H2,(H,27,33)(H,29,34). The molecule has 3 fully saturated rings. The number of carbonyl (C=O) groups excluding carboxylic acids is 4. The summed E-state index contributed by atoms with van der Waals surface area (Å²) in [6.07, 6.45) is 3.47. The number of Topliss-reactive ketones (excluding diaryl/α,β-unsaturated/α-hetero) is 1. The van der Waals surface area contributed by atoms with E-state index in [1.807, 2.05) is 6.07 Å². The molecular weight excluding hydrogens is 472 g/mol. The Balaban J connectivity index is 1.39. The molecule has 3 aliphatic rings. The molecule has 9 nitrogen and oxygen atoms in total. The molecule has 0 spiro atoms. The fraction of sp³-hybridized carbons (Fsp3) is 0.520. The minimum Gasteiger partial charge on any atom is -0.389 e. The normalized spacial score (nSPS) is 26.6. The van der Waals surface area contributed by atoms with Crippen LogP contribution in [0.1, 0.15) is 42.6 Å². The monoisotopic (exact) mass is 500 g/mol. The van der Waals surface area contributed by atoms with Crippen LogP contribution >= 0.6 is 11.6 Å². The van der Waals surface area contributed by atoms with Gasteiger partial charge in [-0.1, -0.05) is 24.1 Å². The highest BCUT2D eigenvalue weighted by molar-refractivity contribution is 6.35. The predicted octanol–water partition coefficient (Wildman–Crippen LogP) is 1.63. The molecule has 186 valence electrons. The number of aliphatic hydroxyl groups is 1. The van der Waals surface area contributed by atoms with Gasteiger partial charge in [-0.05, 0) is 55.7 Å². The molecule has 2 saturated heterocycles. The first-order chi connectivity index (χ1) is 16.9. The fourth-order valence-corrected chi connectivity index (χ4v) is 6.26. The lowest BCUT2D eigenvalue weighted by atomic mass is 9.92. The smallest absolute Gasteiger partial charge is 0.271 e. The lowest BCUT2D eigenvalue weighted by Gasteiger charge is -2.29. The third-order valence-corrected chi connectivity index (χ3v) is 8.13. The van der Waals surface area contributed by atoms with E-state index in [1.165, 1.54) is 0 Å². The molecule has 3 heterocycles. The molecule has 5 atom stereocenters. The minimum atomic E-state index is -0.981. The number of nitrogens with one attached hydrogen (secondary N) is 3. The van der Waals surface area contributed by atoms with Crippen LogP contribution in [0.15, 0.2) is 24.3 Å². The van der Waals surface area contributed by atoms with Crippen molar-refractivity contribution in [1.82, 2.24) is 20.5 Å². The largest absolute Gasteiger partial charge is 0.389 e. The summed E-state index contributed by atoms with van der Waals surface area (Å²) in [6.45, 7) is 0.267. The second-order valence-electron chi connectivity index (χ2n) is 9.84. The molecule has 4 N–H and O–H groups in total. The van der Waals surface area contributed by atoms with Crippen LogP contribution in [-0.2, 0) is 14.4 Å². The minimum absolute atomic E-state index is 0.00609. The van der Waals surface area contributed by atoms with E-state index in [0.29, 0.717) is 30.2 Å². The number of amides is 3. The Morgan fingerprint density at radius 3 is 2.77 bits per heavy atom. The van der Waals surface area contributed by atoms with Gasteiger partial charge < -0.3 is 25.6 Å². The van der Waals surface area contributed by atoms with Crippen LogP contribution in [-0.4, -0.2) is 70.3 Å². The maximum absolute atomic E-state index is 13.6. The molecule has 1 saturated carbocycles. The summed E-state index contributed by atoms with van der Waals surface area (Å²) in [5, 5.41) is 16.3. The number of aromatic amines is 1. The average molecular weight is 501 g/mol. The van der Waals surface area contributed by atoms with Crippen LogP contribution in [0.5, 0.6) is 0 Å². The summed E-state index contributed by atoms with van der Waals surface area (Å²) in [5.41, 5.74) is 1.10. The number of nitrogens with zero attached hydrogens (tertiary/aromatic N) is 1. The third-order valence-electron chi connectivity index (χ3n) is 7.81. The van der Waals surface area contributed by atoms with Gasteiger partial charge in [-0.25, -0.2) is 0 Å². The van der Waals surface area contributed by atoms with Crippen molar-refractivity contribution in [1.29, 1.82) is 0 Å². The first-order valence-corrected chi connectivity index (χ1v) is 12.5. The second-order valence-corrected chi connectivity index (χ2v) is 10.2. The topological polar surface area (TPSA) is 132 Å². The molecule has 1 aliphatic carbocycles. The second kappa shape index (κ2) is 9.62. The average Bonchev–Trinajstić information content (AvgIpc) is 3.61. The number of likely N-dealkylation sites (tertiary alicyclic amines) is 1. The van der Waals surface area contributed by atoms with Crippen molar-refractivity contribution >= 4 is 46.0 Å². The fourth-order valence-electron chi connectivity index (χ4n) is 6.03. The summed E-state index contributed by atoms with van der Waals surface area (Å²) < 4.78 is 0. The first-order valence-electron chi connectivity index (χ1n) is 12.2. The summed E-state index contributed by atoms with van der Waals surface area (Å²) in [4.78, 5) is 56.4. The van der Waals surface area contributed by atoms with Crippen molar-refractivity contribution in [3.8, 4) is 0 Å². The van der Waals surface area contributed by atoms with Gasteiger partial charge in [-0.2, -0.15) is 0 Å². The van der Waals surface area contributed by atoms with Crippen molar-refractivity contribution in [3.63, 3.8) is 0 Å². The molecule has 1 aromatic carbocycles. The van der Waals surface area contributed by atoms with Crippen molar-refractivity contribution in [2.75, 3.05) is 19.7 Å². The number of aromatic nitrogens is 1. The van der Waals surface area contributed by atoms with E-state index in [9.17, 15) is 24.3 Å². The number of benzene rings is 1. The maximum Gasteiger partial charge on any atom is 0.271 e. The number of fused-ring (bicyclic) bond motifs is 2. The Bertz CT molecular complexity index is 1180. The molecule has 1 aromatic heterocycles. The number of carbonyl (C=O) groups is 4. The van der Waals surface area contributed by atoms with Crippen molar-refractivity contribution in [3.05, 3.63) is 35.0 Å². The first kappa shape index (κ1) is 23.8. The van der Waals surface area contributed by atoms with Crippen molar-refractivity contribution < 1.29 is 24.3 Å². The highest BCUT2D eigenvalue weighted by Gasteiger charge is 2.50. The molecule has 0 bridgehead atoms. The van der Waals surface area contributed by atoms with E-state index in [-0.39, 0.29) is 30.1 Å². The van der Waals surface area contributed by atoms with Crippen molar-refractivity contribution in [2.45, 2.75) is 44.2 Å². The quantitative estimate of drug-likeness (QED) is 0.459. The Morgan fingerprint density at radius 2 is 2.06 bits per heavy atom. The van der Waals surface area contributed by atoms with E-state index in [1.54, 1.807) is 23.1 Å². The summed E-state index contributed by atoms with van der Waals surface area (Å²) in [5.74, 6) is -1.56. The van der Waals surface area contributed by atoms with Gasteiger partial charge in [0.1, 0.15) is 18.3 Å². The highest BCUT2D eigenvalue weighted by atomic mass is 35.5. The number of rotatable bonds is 7. The number of hydrogen-bond acceptors (Lipinski definition) is 5. The lowest BCUT2D eigenvalue weighted by molar-refractivity contribution is -0.133. The lowest BCUT2D eigenvalue weighted by Crippen LogP contribution is -2.53. The molecule has 0 radical (unpaired) electrons. The molecule has 2 aliphatic heterocycles. The van der Waals surface area contributed by atoms with E-state index in [2.05, 4.69) is 15.6 Å². The van der Waals surface area contributed by atoms with Crippen LogP contribution in [0.2, 0.25) is 5.02 Å². The van der Waals surface area contributed by atoms with Crippen LogP contribution in [0.4, 0.5) is 0 Å². The van der Waals surface area contributed by atoms with Gasteiger partial charge in [-0.3, -0.25) is 19.2 Å². The van der Waals surface area contributed by atoms with Crippen LogP contribution in [0.25, 0.3) is 10.9 Å².